The Bertz CT molecular complexity index is 543. The standard InChI is InChI=1S/C9H13N3O5S/c1-2-6-10-18(16,17)11-9-7(12(14)15)4-3-5-8(9)13/h3-5,10-11,13H,2,6H2,1H3. The largest absolute Gasteiger partial charge is 0.505 e. The fourth-order valence-electron chi connectivity index (χ4n) is 1.19. The lowest BCUT2D eigenvalue weighted by molar-refractivity contribution is -0.383. The summed E-state index contributed by atoms with van der Waals surface area (Å²) in [5, 5.41) is 20.2. The normalized spacial score (nSPS) is 11.2. The van der Waals surface area contributed by atoms with E-state index < -0.39 is 32.3 Å². The molecule has 0 fully saturated rings. The molecule has 0 aliphatic rings. The number of phenolic OH excluding ortho intramolecular Hbond substituents is 1. The van der Waals surface area contributed by atoms with Gasteiger partial charge in [0, 0.05) is 12.6 Å². The summed E-state index contributed by atoms with van der Waals surface area (Å²) >= 11 is 0. The summed E-state index contributed by atoms with van der Waals surface area (Å²) in [5.41, 5.74) is -0.969. The molecule has 0 heterocycles. The van der Waals surface area contributed by atoms with Crippen molar-refractivity contribution in [2.45, 2.75) is 13.3 Å². The van der Waals surface area contributed by atoms with Crippen molar-refractivity contribution < 1.29 is 18.4 Å². The van der Waals surface area contributed by atoms with E-state index in [0.29, 0.717) is 6.42 Å². The molecule has 100 valence electrons. The van der Waals surface area contributed by atoms with Crippen molar-refractivity contribution in [3.8, 4) is 5.75 Å². The van der Waals surface area contributed by atoms with Crippen LogP contribution in [0.3, 0.4) is 0 Å². The number of para-hydroxylation sites is 1. The van der Waals surface area contributed by atoms with E-state index in [0.717, 1.165) is 12.1 Å². The van der Waals surface area contributed by atoms with Crippen LogP contribution in [0.25, 0.3) is 0 Å². The summed E-state index contributed by atoms with van der Waals surface area (Å²) in [7, 11) is -3.94. The van der Waals surface area contributed by atoms with Gasteiger partial charge in [-0.2, -0.15) is 13.1 Å². The maximum atomic E-state index is 11.5. The second-order valence-corrected chi connectivity index (χ2v) is 4.93. The monoisotopic (exact) mass is 275 g/mol. The molecular weight excluding hydrogens is 262 g/mol. The Morgan fingerprint density at radius 2 is 2.11 bits per heavy atom. The summed E-state index contributed by atoms with van der Waals surface area (Å²) in [6.07, 6.45) is 0.573. The molecule has 0 aliphatic heterocycles. The van der Waals surface area contributed by atoms with Crippen LogP contribution in [0.15, 0.2) is 18.2 Å². The van der Waals surface area contributed by atoms with Crippen LogP contribution in [0.4, 0.5) is 11.4 Å². The van der Waals surface area contributed by atoms with Crippen LogP contribution < -0.4 is 9.44 Å². The third kappa shape index (κ3) is 3.57. The van der Waals surface area contributed by atoms with E-state index in [1.807, 2.05) is 4.72 Å². The number of nitro benzene ring substituents is 1. The molecule has 0 bridgehead atoms. The highest BCUT2D eigenvalue weighted by Gasteiger charge is 2.21. The number of nitrogens with one attached hydrogen (secondary N) is 2. The Morgan fingerprint density at radius 3 is 2.67 bits per heavy atom. The zero-order chi connectivity index (χ0) is 13.8. The number of aromatic hydroxyl groups is 1. The smallest absolute Gasteiger partial charge is 0.299 e. The molecule has 18 heavy (non-hydrogen) atoms. The molecule has 0 spiro atoms. The van der Waals surface area contributed by atoms with Gasteiger partial charge in [0.2, 0.25) is 0 Å². The van der Waals surface area contributed by atoms with E-state index >= 15 is 0 Å². The summed E-state index contributed by atoms with van der Waals surface area (Å²) in [4.78, 5) is 9.93. The first-order valence-corrected chi connectivity index (χ1v) is 6.59. The van der Waals surface area contributed by atoms with Gasteiger partial charge in [-0.15, -0.1) is 0 Å². The van der Waals surface area contributed by atoms with E-state index in [1.165, 1.54) is 6.07 Å². The number of nitrogens with zero attached hydrogens (tertiary/aromatic N) is 1. The molecule has 0 aliphatic carbocycles. The molecule has 0 amide bonds. The molecule has 3 N–H and O–H groups in total. The van der Waals surface area contributed by atoms with Gasteiger partial charge >= 0.3 is 0 Å². The van der Waals surface area contributed by atoms with Gasteiger partial charge in [0.1, 0.15) is 5.75 Å². The second kappa shape index (κ2) is 5.65. The van der Waals surface area contributed by atoms with Gasteiger partial charge in [-0.05, 0) is 12.5 Å². The van der Waals surface area contributed by atoms with Crippen LogP contribution in [0.5, 0.6) is 5.75 Å². The van der Waals surface area contributed by atoms with E-state index in [4.69, 9.17) is 0 Å². The third-order valence-electron chi connectivity index (χ3n) is 2.00. The Morgan fingerprint density at radius 1 is 1.44 bits per heavy atom. The van der Waals surface area contributed by atoms with Gasteiger partial charge in [-0.1, -0.05) is 13.0 Å². The van der Waals surface area contributed by atoms with Crippen LogP contribution in [-0.2, 0) is 10.2 Å². The van der Waals surface area contributed by atoms with Gasteiger partial charge in [-0.25, -0.2) is 0 Å². The van der Waals surface area contributed by atoms with Gasteiger partial charge in [0.25, 0.3) is 15.9 Å². The molecule has 0 radical (unpaired) electrons. The van der Waals surface area contributed by atoms with Crippen LogP contribution in [-0.4, -0.2) is 25.0 Å². The van der Waals surface area contributed by atoms with E-state index in [1.54, 1.807) is 6.92 Å². The van der Waals surface area contributed by atoms with Crippen LogP contribution in [0.2, 0.25) is 0 Å². The van der Waals surface area contributed by atoms with Gasteiger partial charge in [0.05, 0.1) is 4.92 Å². The van der Waals surface area contributed by atoms with Crippen molar-refractivity contribution >= 4 is 21.6 Å². The van der Waals surface area contributed by atoms with Crippen molar-refractivity contribution in [3.63, 3.8) is 0 Å². The molecule has 1 rings (SSSR count). The Balaban J connectivity index is 3.07. The number of anilines is 1. The van der Waals surface area contributed by atoms with Crippen LogP contribution in [0.1, 0.15) is 13.3 Å². The minimum Gasteiger partial charge on any atom is -0.505 e. The topological polar surface area (TPSA) is 122 Å². The lowest BCUT2D eigenvalue weighted by atomic mass is 10.2. The molecule has 8 nitrogen and oxygen atoms in total. The first kappa shape index (κ1) is 14.2. The predicted molar refractivity (Wildman–Crippen MR) is 65.6 cm³/mol. The fraction of sp³-hybridized carbons (Fsp3) is 0.333. The maximum Gasteiger partial charge on any atom is 0.299 e. The molecule has 1 aromatic carbocycles. The second-order valence-electron chi connectivity index (χ2n) is 3.43. The van der Waals surface area contributed by atoms with Crippen molar-refractivity contribution in [2.75, 3.05) is 11.3 Å². The summed E-state index contributed by atoms with van der Waals surface area (Å²) in [6.45, 7) is 1.96. The van der Waals surface area contributed by atoms with Crippen molar-refractivity contribution in [1.29, 1.82) is 0 Å². The highest BCUT2D eigenvalue weighted by molar-refractivity contribution is 7.90. The average molecular weight is 275 g/mol. The molecule has 0 saturated carbocycles. The molecule has 9 heteroatoms. The van der Waals surface area contributed by atoms with Gasteiger partial charge < -0.3 is 5.11 Å². The lowest BCUT2D eigenvalue weighted by Crippen LogP contribution is -2.30. The quantitative estimate of drug-likeness (QED) is 0.405. The summed E-state index contributed by atoms with van der Waals surface area (Å²) < 4.78 is 27.2. The van der Waals surface area contributed by atoms with Crippen molar-refractivity contribution in [3.05, 3.63) is 28.3 Å². The predicted octanol–water partition coefficient (Wildman–Crippen LogP) is 0.957. The molecule has 1 aromatic rings. The van der Waals surface area contributed by atoms with Crippen LogP contribution >= 0.6 is 0 Å². The van der Waals surface area contributed by atoms with E-state index in [9.17, 15) is 23.6 Å². The lowest BCUT2D eigenvalue weighted by Gasteiger charge is -2.10. The number of phenols is 1. The van der Waals surface area contributed by atoms with Gasteiger partial charge in [-0.3, -0.25) is 14.8 Å². The summed E-state index contributed by atoms with van der Waals surface area (Å²) in [5.74, 6) is -0.508. The number of hydrogen-bond donors (Lipinski definition) is 3. The minimum absolute atomic E-state index is 0.191. The Kier molecular flexibility index (Phi) is 4.45. The molecule has 0 unspecified atom stereocenters. The minimum atomic E-state index is -3.94. The number of hydrogen-bond acceptors (Lipinski definition) is 5. The molecule has 0 saturated heterocycles. The number of benzene rings is 1. The third-order valence-corrected chi connectivity index (χ3v) is 3.05. The first-order valence-electron chi connectivity index (χ1n) is 5.11. The SMILES string of the molecule is CCCNS(=O)(=O)Nc1c(O)cccc1[N+](=O)[O-]. The Labute approximate surface area is 104 Å². The molecule has 0 atom stereocenters. The van der Waals surface area contributed by atoms with E-state index in [2.05, 4.69) is 4.72 Å². The van der Waals surface area contributed by atoms with Crippen LogP contribution in [0, 0.1) is 10.1 Å². The zero-order valence-electron chi connectivity index (χ0n) is 9.58. The molecule has 0 aromatic heterocycles. The number of nitro groups is 1. The highest BCUT2D eigenvalue weighted by Crippen LogP contribution is 2.33. The fourth-order valence-corrected chi connectivity index (χ4v) is 2.21. The summed E-state index contributed by atoms with van der Waals surface area (Å²) in [6, 6.07) is 3.51. The van der Waals surface area contributed by atoms with E-state index in [-0.39, 0.29) is 6.54 Å². The van der Waals surface area contributed by atoms with Crippen molar-refractivity contribution in [2.24, 2.45) is 0 Å². The maximum absolute atomic E-state index is 11.5. The average Bonchev–Trinajstić information content (AvgIpc) is 2.28. The van der Waals surface area contributed by atoms with Crippen molar-refractivity contribution in [1.82, 2.24) is 4.72 Å². The van der Waals surface area contributed by atoms with Gasteiger partial charge in [0.15, 0.2) is 5.69 Å². The highest BCUT2D eigenvalue weighted by atomic mass is 32.2. The molecular formula is C9H13N3O5S. The first-order chi connectivity index (χ1) is 8.37. The number of rotatable bonds is 6. The zero-order valence-corrected chi connectivity index (χ0v) is 10.4. The Hall–Kier alpha value is -1.87.